The number of fused-ring (bicyclic) bond motifs is 1. The van der Waals surface area contributed by atoms with Crippen molar-refractivity contribution in [1.82, 2.24) is 19.9 Å². The molecule has 8 nitrogen and oxygen atoms in total. The van der Waals surface area contributed by atoms with Crippen LogP contribution in [0.1, 0.15) is 0 Å². The Labute approximate surface area is 177 Å². The van der Waals surface area contributed by atoms with E-state index in [1.807, 2.05) is 37.4 Å². The number of hydrogen-bond acceptors (Lipinski definition) is 7. The van der Waals surface area contributed by atoms with Gasteiger partial charge in [0.1, 0.15) is 5.52 Å². The monoisotopic (exact) mass is 428 g/mol. The van der Waals surface area contributed by atoms with Crippen molar-refractivity contribution >= 4 is 28.4 Å². The Balaban J connectivity index is 1.56. The second-order valence-electron chi connectivity index (χ2n) is 7.07. The Bertz CT molecular complexity index is 1060. The Morgan fingerprint density at radius 1 is 1.26 bits per heavy atom. The minimum atomic E-state index is -3.02. The number of nitrogens with one attached hydrogen (secondary N) is 2. The van der Waals surface area contributed by atoms with E-state index in [1.165, 1.54) is 0 Å². The number of benzene rings is 1. The molecule has 1 fully saturated rings. The number of halogens is 2. The zero-order valence-electron chi connectivity index (χ0n) is 16.9. The summed E-state index contributed by atoms with van der Waals surface area (Å²) < 4.78 is 31.1. The van der Waals surface area contributed by atoms with Gasteiger partial charge in [-0.1, -0.05) is 12.1 Å². The molecule has 0 saturated carbocycles. The van der Waals surface area contributed by atoms with E-state index in [0.29, 0.717) is 16.9 Å². The summed E-state index contributed by atoms with van der Waals surface area (Å²) in [5.41, 5.74) is 3.88. The molecule has 1 amide bonds. The van der Waals surface area contributed by atoms with Gasteiger partial charge in [-0.25, -0.2) is 9.97 Å². The van der Waals surface area contributed by atoms with Crippen molar-refractivity contribution in [3.05, 3.63) is 42.7 Å². The molecule has 1 unspecified atom stereocenters. The van der Waals surface area contributed by atoms with Crippen molar-refractivity contribution in [2.24, 2.45) is 0 Å². The van der Waals surface area contributed by atoms with Crippen LogP contribution in [-0.4, -0.2) is 71.6 Å². The molecule has 0 aliphatic carbocycles. The average Bonchev–Trinajstić information content (AvgIpc) is 2.82. The number of carbonyl (C=O) groups excluding carboxylic acids is 1. The fraction of sp³-hybridized carbons (Fsp3) is 0.333. The number of pyridine rings is 1. The van der Waals surface area contributed by atoms with Crippen molar-refractivity contribution in [3.63, 3.8) is 0 Å². The van der Waals surface area contributed by atoms with Crippen molar-refractivity contribution in [2.75, 3.05) is 43.9 Å². The van der Waals surface area contributed by atoms with Gasteiger partial charge in [0.2, 0.25) is 0 Å². The van der Waals surface area contributed by atoms with Crippen LogP contribution in [-0.2, 0) is 9.53 Å². The third-order valence-electron chi connectivity index (χ3n) is 5.06. The number of morpholine rings is 1. The summed E-state index contributed by atoms with van der Waals surface area (Å²) >= 11 is 0. The molecule has 2 N–H and O–H groups in total. The first kappa shape index (κ1) is 20.9. The van der Waals surface area contributed by atoms with Crippen LogP contribution >= 0.6 is 0 Å². The molecule has 1 atom stereocenters. The van der Waals surface area contributed by atoms with Crippen LogP contribution in [0.5, 0.6) is 0 Å². The smallest absolute Gasteiger partial charge is 0.315 e. The second kappa shape index (κ2) is 9.17. The highest BCUT2D eigenvalue weighted by Crippen LogP contribution is 2.26. The van der Waals surface area contributed by atoms with Crippen molar-refractivity contribution in [1.29, 1.82) is 0 Å². The first-order valence-corrected chi connectivity index (χ1v) is 9.87. The SMILES string of the molecule is CNc1ccc(-c2cc3nccnc3c(NCC3CN(C(=O)C(F)F)CCO3)n2)cc1. The zero-order chi connectivity index (χ0) is 21.8. The molecule has 3 aromatic rings. The van der Waals surface area contributed by atoms with Crippen LogP contribution in [0.25, 0.3) is 22.3 Å². The molecule has 1 aliphatic heterocycles. The van der Waals surface area contributed by atoms with Gasteiger partial charge in [0.15, 0.2) is 5.82 Å². The Morgan fingerprint density at radius 2 is 2.03 bits per heavy atom. The number of rotatable bonds is 6. The zero-order valence-corrected chi connectivity index (χ0v) is 16.9. The number of amides is 1. The number of anilines is 2. The third-order valence-corrected chi connectivity index (χ3v) is 5.06. The molecule has 2 aromatic heterocycles. The first-order valence-electron chi connectivity index (χ1n) is 9.87. The van der Waals surface area contributed by atoms with Gasteiger partial charge in [0, 0.05) is 50.3 Å². The predicted octanol–water partition coefficient (Wildman–Crippen LogP) is 2.64. The normalized spacial score (nSPS) is 16.5. The number of ether oxygens (including phenoxy) is 1. The molecule has 0 bridgehead atoms. The topological polar surface area (TPSA) is 92.3 Å². The molecule has 1 saturated heterocycles. The Morgan fingerprint density at radius 3 is 2.77 bits per heavy atom. The Hall–Kier alpha value is -3.40. The lowest BCUT2D eigenvalue weighted by molar-refractivity contribution is -0.149. The van der Waals surface area contributed by atoms with Gasteiger partial charge in [0.05, 0.1) is 23.9 Å². The molecule has 1 aromatic carbocycles. The second-order valence-corrected chi connectivity index (χ2v) is 7.07. The van der Waals surface area contributed by atoms with Crippen molar-refractivity contribution in [2.45, 2.75) is 12.5 Å². The third kappa shape index (κ3) is 4.69. The molecular formula is C21H22F2N6O2. The number of alkyl halides is 2. The van der Waals surface area contributed by atoms with Crippen LogP contribution in [0, 0.1) is 0 Å². The van der Waals surface area contributed by atoms with Gasteiger partial charge >= 0.3 is 6.43 Å². The molecule has 0 radical (unpaired) electrons. The summed E-state index contributed by atoms with van der Waals surface area (Å²) in [5, 5.41) is 6.28. The van der Waals surface area contributed by atoms with Gasteiger partial charge in [-0.3, -0.25) is 9.78 Å². The highest BCUT2D eigenvalue weighted by atomic mass is 19.3. The molecule has 31 heavy (non-hydrogen) atoms. The van der Waals surface area contributed by atoms with Crippen LogP contribution in [0.2, 0.25) is 0 Å². The van der Waals surface area contributed by atoms with E-state index in [0.717, 1.165) is 21.8 Å². The average molecular weight is 428 g/mol. The molecule has 4 rings (SSSR count). The van der Waals surface area contributed by atoms with Crippen molar-refractivity contribution in [3.8, 4) is 11.3 Å². The molecule has 10 heteroatoms. The summed E-state index contributed by atoms with van der Waals surface area (Å²) in [6.07, 6.45) is -0.267. The van der Waals surface area contributed by atoms with E-state index in [4.69, 9.17) is 9.72 Å². The summed E-state index contributed by atoms with van der Waals surface area (Å²) in [7, 11) is 1.85. The summed E-state index contributed by atoms with van der Waals surface area (Å²) in [6, 6.07) is 9.68. The van der Waals surface area contributed by atoms with Gasteiger partial charge in [0.25, 0.3) is 5.91 Å². The maximum absolute atomic E-state index is 12.7. The molecule has 1 aliphatic rings. The quantitative estimate of drug-likeness (QED) is 0.624. The molecule has 0 spiro atoms. The molecule has 162 valence electrons. The van der Waals surface area contributed by atoms with Crippen LogP contribution in [0.3, 0.4) is 0 Å². The summed E-state index contributed by atoms with van der Waals surface area (Å²) in [4.78, 5) is 26.2. The first-order chi connectivity index (χ1) is 15.0. The fourth-order valence-electron chi connectivity index (χ4n) is 3.44. The summed E-state index contributed by atoms with van der Waals surface area (Å²) in [5.74, 6) is -0.658. The van der Waals surface area contributed by atoms with Gasteiger partial charge in [-0.15, -0.1) is 0 Å². The highest BCUT2D eigenvalue weighted by molar-refractivity contribution is 5.88. The molecule has 3 heterocycles. The highest BCUT2D eigenvalue weighted by Gasteiger charge is 2.29. The number of carbonyl (C=O) groups is 1. The van der Waals surface area contributed by atoms with E-state index in [2.05, 4.69) is 20.6 Å². The maximum atomic E-state index is 12.7. The van der Waals surface area contributed by atoms with E-state index in [9.17, 15) is 13.6 Å². The van der Waals surface area contributed by atoms with E-state index >= 15 is 0 Å². The standard InChI is InChI=1S/C21H22F2N6O2/c1-24-14-4-2-13(3-5-14)16-10-17-18(26-7-6-25-17)20(28-16)27-11-15-12-29(8-9-31-15)21(30)19(22)23/h2-7,10,15,19,24H,8-9,11-12H2,1H3,(H,27,28). The van der Waals surface area contributed by atoms with Crippen molar-refractivity contribution < 1.29 is 18.3 Å². The predicted molar refractivity (Wildman–Crippen MR) is 113 cm³/mol. The molecular weight excluding hydrogens is 406 g/mol. The van der Waals surface area contributed by atoms with E-state index in [-0.39, 0.29) is 26.2 Å². The maximum Gasteiger partial charge on any atom is 0.315 e. The van der Waals surface area contributed by atoms with Gasteiger partial charge < -0.3 is 20.3 Å². The number of nitrogens with zero attached hydrogens (tertiary/aromatic N) is 4. The van der Waals surface area contributed by atoms with E-state index < -0.39 is 18.4 Å². The van der Waals surface area contributed by atoms with Crippen LogP contribution in [0.15, 0.2) is 42.7 Å². The lowest BCUT2D eigenvalue weighted by Gasteiger charge is -2.32. The minimum Gasteiger partial charge on any atom is -0.388 e. The number of aromatic nitrogens is 3. The summed E-state index contributed by atoms with van der Waals surface area (Å²) in [6.45, 7) is 0.736. The van der Waals surface area contributed by atoms with Crippen LogP contribution in [0.4, 0.5) is 20.3 Å². The largest absolute Gasteiger partial charge is 0.388 e. The minimum absolute atomic E-state index is 0.0882. The number of hydrogen-bond donors (Lipinski definition) is 2. The fourth-order valence-corrected chi connectivity index (χ4v) is 3.44. The lowest BCUT2D eigenvalue weighted by Crippen LogP contribution is -2.49. The lowest BCUT2D eigenvalue weighted by atomic mass is 10.1. The van der Waals surface area contributed by atoms with E-state index in [1.54, 1.807) is 12.4 Å². The van der Waals surface area contributed by atoms with Gasteiger partial charge in [-0.05, 0) is 18.2 Å². The van der Waals surface area contributed by atoms with Gasteiger partial charge in [-0.2, -0.15) is 8.78 Å². The Kier molecular flexibility index (Phi) is 6.17. The van der Waals surface area contributed by atoms with Crippen LogP contribution < -0.4 is 10.6 Å².